The number of carbonyl (C=O) groups excluding carboxylic acids is 1. The fourth-order valence-corrected chi connectivity index (χ4v) is 4.77. The lowest BCUT2D eigenvalue weighted by atomic mass is 10.0. The molecule has 4 rings (SSSR count). The highest BCUT2D eigenvalue weighted by Crippen LogP contribution is 2.34. The molecule has 0 aromatic heterocycles. The lowest BCUT2D eigenvalue weighted by molar-refractivity contribution is -0.118. The van der Waals surface area contributed by atoms with Crippen LogP contribution in [0.4, 0.5) is 5.69 Å². The standard InChI is InChI=1S/C30H38N2O.C4H9NO/c1-30(2)20-23-31(3)21-10-5-11-22-32(28-14-8-9-15-29(28)33-30)24-25-16-18-27(19-17-25)26-12-6-4-7-13-26;1-2-3-4(5)6/h4,6-9,12-19H,5,10-11,20-24H2,1-3H3;2-3H2,1H3,(H2,5,6). The summed E-state index contributed by atoms with van der Waals surface area (Å²) < 4.78 is 6.62. The van der Waals surface area contributed by atoms with Gasteiger partial charge in [0.1, 0.15) is 11.4 Å². The zero-order chi connectivity index (χ0) is 28.1. The molecule has 0 aliphatic carbocycles. The number of hydrogen-bond acceptors (Lipinski definition) is 4. The molecule has 0 atom stereocenters. The number of fused-ring (bicyclic) bond motifs is 1. The van der Waals surface area contributed by atoms with Crippen LogP contribution >= 0.6 is 0 Å². The van der Waals surface area contributed by atoms with E-state index in [1.807, 2.05) is 6.92 Å². The summed E-state index contributed by atoms with van der Waals surface area (Å²) in [5.41, 5.74) is 9.61. The SMILES string of the molecule is CCCC(N)=O.CN1CCCCCN(Cc2ccc(-c3ccccc3)cc2)c2ccccc2OC(C)(C)CC1. The predicted octanol–water partition coefficient (Wildman–Crippen LogP) is 7.30. The summed E-state index contributed by atoms with van der Waals surface area (Å²) in [4.78, 5) is 14.8. The van der Waals surface area contributed by atoms with Gasteiger partial charge in [0, 0.05) is 26.1 Å². The molecule has 39 heavy (non-hydrogen) atoms. The van der Waals surface area contributed by atoms with Crippen LogP contribution in [0.1, 0.15) is 64.9 Å². The molecule has 3 aromatic rings. The number of primary amides is 1. The van der Waals surface area contributed by atoms with Crippen LogP contribution < -0.4 is 15.4 Å². The highest BCUT2D eigenvalue weighted by Gasteiger charge is 2.23. The van der Waals surface area contributed by atoms with Gasteiger partial charge in [0.2, 0.25) is 5.91 Å². The zero-order valence-electron chi connectivity index (χ0n) is 24.4. The Bertz CT molecular complexity index is 1130. The highest BCUT2D eigenvalue weighted by molar-refractivity contribution is 5.73. The van der Waals surface area contributed by atoms with Crippen molar-refractivity contribution in [2.75, 3.05) is 31.6 Å². The Labute approximate surface area is 236 Å². The number of carbonyl (C=O) groups is 1. The molecular weight excluding hydrogens is 482 g/mol. The van der Waals surface area contributed by atoms with Crippen LogP contribution in [0, 0.1) is 0 Å². The average molecular weight is 530 g/mol. The van der Waals surface area contributed by atoms with Gasteiger partial charge in [0.25, 0.3) is 0 Å². The molecule has 0 fully saturated rings. The number of para-hydroxylation sites is 2. The maximum absolute atomic E-state index is 9.82. The van der Waals surface area contributed by atoms with Crippen LogP contribution in [-0.2, 0) is 11.3 Å². The minimum atomic E-state index is -0.211. The molecule has 3 aromatic carbocycles. The molecule has 0 saturated heterocycles. The smallest absolute Gasteiger partial charge is 0.217 e. The number of nitrogens with zero attached hydrogens (tertiary/aromatic N) is 2. The van der Waals surface area contributed by atoms with E-state index in [0.717, 1.165) is 44.8 Å². The van der Waals surface area contributed by atoms with Crippen molar-refractivity contribution in [1.82, 2.24) is 4.90 Å². The number of hydrogen-bond donors (Lipinski definition) is 1. The topological polar surface area (TPSA) is 58.8 Å². The molecule has 0 spiro atoms. The Morgan fingerprint density at radius 3 is 2.15 bits per heavy atom. The third-order valence-corrected chi connectivity index (χ3v) is 7.09. The fraction of sp³-hybridized carbons (Fsp3) is 0.441. The Balaban J connectivity index is 0.000000631. The van der Waals surface area contributed by atoms with Crippen LogP contribution in [-0.4, -0.2) is 43.1 Å². The summed E-state index contributed by atoms with van der Waals surface area (Å²) in [6.45, 7) is 10.5. The first-order chi connectivity index (χ1) is 18.8. The highest BCUT2D eigenvalue weighted by atomic mass is 16.5. The van der Waals surface area contributed by atoms with Crippen LogP contribution in [0.25, 0.3) is 11.1 Å². The van der Waals surface area contributed by atoms with Crippen LogP contribution in [0.3, 0.4) is 0 Å². The van der Waals surface area contributed by atoms with E-state index in [4.69, 9.17) is 10.5 Å². The molecule has 0 unspecified atom stereocenters. The second kappa shape index (κ2) is 15.3. The molecule has 1 aliphatic heterocycles. The second-order valence-corrected chi connectivity index (χ2v) is 11.1. The molecule has 1 aliphatic rings. The van der Waals surface area contributed by atoms with E-state index in [9.17, 15) is 4.79 Å². The molecule has 0 saturated carbocycles. The quantitative estimate of drug-likeness (QED) is 0.377. The van der Waals surface area contributed by atoms with Crippen molar-refractivity contribution >= 4 is 11.6 Å². The van der Waals surface area contributed by atoms with Gasteiger partial charge in [-0.05, 0) is 81.9 Å². The Kier molecular flexibility index (Phi) is 11.9. The molecule has 5 nitrogen and oxygen atoms in total. The molecule has 0 radical (unpaired) electrons. The molecule has 5 heteroatoms. The summed E-state index contributed by atoms with van der Waals surface area (Å²) in [7, 11) is 2.23. The average Bonchev–Trinajstić information content (AvgIpc) is 2.93. The van der Waals surface area contributed by atoms with Gasteiger partial charge in [-0.25, -0.2) is 0 Å². The third-order valence-electron chi connectivity index (χ3n) is 7.09. The minimum absolute atomic E-state index is 0.207. The summed E-state index contributed by atoms with van der Waals surface area (Å²) in [5.74, 6) is 0.780. The summed E-state index contributed by atoms with van der Waals surface area (Å²) >= 11 is 0. The first-order valence-corrected chi connectivity index (χ1v) is 14.4. The first kappa shape index (κ1) is 30.2. The molecule has 1 heterocycles. The van der Waals surface area contributed by atoms with Crippen LogP contribution in [0.15, 0.2) is 78.9 Å². The minimum Gasteiger partial charge on any atom is -0.486 e. The van der Waals surface area contributed by atoms with E-state index < -0.39 is 0 Å². The third kappa shape index (κ3) is 10.4. The molecule has 1 amide bonds. The van der Waals surface area contributed by atoms with Crippen molar-refractivity contribution in [3.05, 3.63) is 84.4 Å². The van der Waals surface area contributed by atoms with E-state index in [1.54, 1.807) is 0 Å². The lowest BCUT2D eigenvalue weighted by Crippen LogP contribution is -2.34. The molecule has 2 N–H and O–H groups in total. The normalized spacial score (nSPS) is 16.3. The molecule has 0 bridgehead atoms. The van der Waals surface area contributed by atoms with Crippen LogP contribution in [0.5, 0.6) is 5.75 Å². The maximum atomic E-state index is 9.82. The van der Waals surface area contributed by atoms with Crippen LogP contribution in [0.2, 0.25) is 0 Å². The zero-order valence-corrected chi connectivity index (χ0v) is 24.4. The predicted molar refractivity (Wildman–Crippen MR) is 164 cm³/mol. The van der Waals surface area contributed by atoms with E-state index >= 15 is 0 Å². The lowest BCUT2D eigenvalue weighted by Gasteiger charge is -2.32. The van der Waals surface area contributed by atoms with Crippen molar-refractivity contribution in [1.29, 1.82) is 0 Å². The van der Waals surface area contributed by atoms with E-state index in [2.05, 4.69) is 110 Å². The molecule has 210 valence electrons. The van der Waals surface area contributed by atoms with E-state index in [-0.39, 0.29) is 11.5 Å². The maximum Gasteiger partial charge on any atom is 0.217 e. The number of benzene rings is 3. The van der Waals surface area contributed by atoms with Gasteiger partial charge < -0.3 is 20.3 Å². The Hall–Kier alpha value is -3.31. The number of amides is 1. The van der Waals surface area contributed by atoms with E-state index in [0.29, 0.717) is 6.42 Å². The van der Waals surface area contributed by atoms with Gasteiger partial charge in [-0.1, -0.05) is 80.1 Å². The van der Waals surface area contributed by atoms with Crippen molar-refractivity contribution in [2.45, 2.75) is 71.4 Å². The number of nitrogens with two attached hydrogens (primary N) is 1. The Morgan fingerprint density at radius 1 is 0.846 bits per heavy atom. The number of anilines is 1. The van der Waals surface area contributed by atoms with Crippen molar-refractivity contribution in [2.24, 2.45) is 5.73 Å². The monoisotopic (exact) mass is 529 g/mol. The van der Waals surface area contributed by atoms with Crippen molar-refractivity contribution < 1.29 is 9.53 Å². The summed E-state index contributed by atoms with van der Waals surface area (Å²) in [6, 6.07) is 28.2. The van der Waals surface area contributed by atoms with Gasteiger partial charge in [-0.15, -0.1) is 0 Å². The van der Waals surface area contributed by atoms with Crippen molar-refractivity contribution in [3.8, 4) is 16.9 Å². The van der Waals surface area contributed by atoms with Gasteiger partial charge in [-0.2, -0.15) is 0 Å². The second-order valence-electron chi connectivity index (χ2n) is 11.1. The summed E-state index contributed by atoms with van der Waals surface area (Å²) in [6.07, 6.45) is 6.07. The Morgan fingerprint density at radius 2 is 1.49 bits per heavy atom. The summed E-state index contributed by atoms with van der Waals surface area (Å²) in [5, 5.41) is 0. The fourth-order valence-electron chi connectivity index (χ4n) is 4.77. The number of rotatable bonds is 5. The van der Waals surface area contributed by atoms with Gasteiger partial charge >= 0.3 is 0 Å². The van der Waals surface area contributed by atoms with Crippen molar-refractivity contribution in [3.63, 3.8) is 0 Å². The largest absolute Gasteiger partial charge is 0.486 e. The van der Waals surface area contributed by atoms with E-state index in [1.165, 1.54) is 41.6 Å². The van der Waals surface area contributed by atoms with Gasteiger partial charge in [0.05, 0.1) is 5.69 Å². The van der Waals surface area contributed by atoms with Gasteiger partial charge in [-0.3, -0.25) is 4.79 Å². The number of ether oxygens (including phenoxy) is 1. The van der Waals surface area contributed by atoms with Gasteiger partial charge in [0.15, 0.2) is 0 Å². The first-order valence-electron chi connectivity index (χ1n) is 14.4. The molecular formula is C34H47N3O2.